The fourth-order valence-corrected chi connectivity index (χ4v) is 1.36. The first-order valence-electron chi connectivity index (χ1n) is 5.25. The van der Waals surface area contributed by atoms with Crippen LogP contribution in [-0.2, 0) is 18.4 Å². The van der Waals surface area contributed by atoms with E-state index in [1.165, 1.54) is 0 Å². The number of aryl methyl sites for hydroxylation is 1. The van der Waals surface area contributed by atoms with Gasteiger partial charge in [-0.1, -0.05) is 0 Å². The highest BCUT2D eigenvalue weighted by atomic mass is 16.2. The molecule has 3 N–H and O–H groups in total. The monoisotopic (exact) mass is 225 g/mol. The molecule has 0 atom stereocenters. The molecular formula is C10H19N5O. The second-order valence-corrected chi connectivity index (χ2v) is 3.77. The summed E-state index contributed by atoms with van der Waals surface area (Å²) in [5, 5.41) is 2.72. The van der Waals surface area contributed by atoms with Crippen molar-refractivity contribution in [3.05, 3.63) is 18.2 Å². The third kappa shape index (κ3) is 4.00. The predicted octanol–water partition coefficient (Wildman–Crippen LogP) is -1.07. The maximum Gasteiger partial charge on any atom is 0.234 e. The van der Waals surface area contributed by atoms with Crippen LogP contribution in [-0.4, -0.2) is 47.0 Å². The summed E-state index contributed by atoms with van der Waals surface area (Å²) in [6.07, 6.45) is 3.63. The van der Waals surface area contributed by atoms with Crippen LogP contribution in [0.15, 0.2) is 12.4 Å². The van der Waals surface area contributed by atoms with E-state index in [0.717, 1.165) is 5.82 Å². The second kappa shape index (κ2) is 6.24. The van der Waals surface area contributed by atoms with E-state index in [-0.39, 0.29) is 5.91 Å². The van der Waals surface area contributed by atoms with Gasteiger partial charge >= 0.3 is 0 Å². The number of nitrogens with one attached hydrogen (secondary N) is 1. The Kier molecular flexibility index (Phi) is 4.94. The molecule has 0 radical (unpaired) electrons. The number of carbonyl (C=O) groups excluding carboxylic acids is 1. The zero-order chi connectivity index (χ0) is 12.0. The zero-order valence-electron chi connectivity index (χ0n) is 9.81. The Morgan fingerprint density at radius 3 is 3.00 bits per heavy atom. The normalized spacial score (nSPS) is 10.8. The molecule has 1 heterocycles. The largest absolute Gasteiger partial charge is 0.354 e. The number of nitrogens with zero attached hydrogens (tertiary/aromatic N) is 3. The zero-order valence-corrected chi connectivity index (χ0v) is 9.81. The molecule has 0 aliphatic carbocycles. The quantitative estimate of drug-likeness (QED) is 0.646. The third-order valence-electron chi connectivity index (χ3n) is 2.21. The standard InChI is InChI=1S/C10H19N5O/c1-14(8-10(16)13-4-3-11)7-9-12-5-6-15(9)2/h5-6H,3-4,7-8,11H2,1-2H3,(H,13,16). The fourth-order valence-electron chi connectivity index (χ4n) is 1.36. The van der Waals surface area contributed by atoms with E-state index >= 15 is 0 Å². The first-order valence-corrected chi connectivity index (χ1v) is 5.25. The van der Waals surface area contributed by atoms with Crippen LogP contribution in [0, 0.1) is 0 Å². The first kappa shape index (κ1) is 12.7. The molecular weight excluding hydrogens is 206 g/mol. The Bertz CT molecular complexity index is 336. The van der Waals surface area contributed by atoms with Crippen molar-refractivity contribution >= 4 is 5.91 Å². The molecule has 6 heteroatoms. The number of nitrogens with two attached hydrogens (primary N) is 1. The van der Waals surface area contributed by atoms with Crippen LogP contribution >= 0.6 is 0 Å². The van der Waals surface area contributed by atoms with Crippen LogP contribution < -0.4 is 11.1 Å². The van der Waals surface area contributed by atoms with Crippen LogP contribution in [0.4, 0.5) is 0 Å². The smallest absolute Gasteiger partial charge is 0.234 e. The van der Waals surface area contributed by atoms with Gasteiger partial charge < -0.3 is 15.6 Å². The SMILES string of the molecule is CN(CC(=O)NCCN)Cc1nccn1C. The molecule has 0 fully saturated rings. The molecule has 1 rings (SSSR count). The van der Waals surface area contributed by atoms with Crippen LogP contribution in [0.1, 0.15) is 5.82 Å². The topological polar surface area (TPSA) is 76.2 Å². The van der Waals surface area contributed by atoms with Gasteiger partial charge in [-0.25, -0.2) is 4.98 Å². The Morgan fingerprint density at radius 2 is 2.44 bits per heavy atom. The summed E-state index contributed by atoms with van der Waals surface area (Å²) in [7, 11) is 3.82. The van der Waals surface area contributed by atoms with Crippen LogP contribution in [0.25, 0.3) is 0 Å². The van der Waals surface area contributed by atoms with Crippen molar-refractivity contribution in [1.29, 1.82) is 0 Å². The van der Waals surface area contributed by atoms with Crippen molar-refractivity contribution in [3.8, 4) is 0 Å². The van der Waals surface area contributed by atoms with Crippen molar-refractivity contribution in [2.24, 2.45) is 12.8 Å². The van der Waals surface area contributed by atoms with E-state index in [2.05, 4.69) is 10.3 Å². The van der Waals surface area contributed by atoms with E-state index in [4.69, 9.17) is 5.73 Å². The van der Waals surface area contributed by atoms with Gasteiger partial charge in [-0.2, -0.15) is 0 Å². The average molecular weight is 225 g/mol. The Labute approximate surface area is 95.4 Å². The first-order chi connectivity index (χ1) is 7.63. The Morgan fingerprint density at radius 1 is 1.69 bits per heavy atom. The summed E-state index contributed by atoms with van der Waals surface area (Å²) < 4.78 is 1.94. The summed E-state index contributed by atoms with van der Waals surface area (Å²) in [6.45, 7) is 2.00. The molecule has 6 nitrogen and oxygen atoms in total. The number of hydrogen-bond acceptors (Lipinski definition) is 4. The highest BCUT2D eigenvalue weighted by Crippen LogP contribution is 1.98. The van der Waals surface area contributed by atoms with E-state index < -0.39 is 0 Å². The number of rotatable bonds is 6. The Hall–Kier alpha value is -1.40. The van der Waals surface area contributed by atoms with Crippen molar-refractivity contribution in [3.63, 3.8) is 0 Å². The summed E-state index contributed by atoms with van der Waals surface area (Å²) in [5.74, 6) is 0.927. The van der Waals surface area contributed by atoms with Crippen LogP contribution in [0.2, 0.25) is 0 Å². The number of carbonyl (C=O) groups is 1. The summed E-state index contributed by atoms with van der Waals surface area (Å²) >= 11 is 0. The maximum atomic E-state index is 11.4. The van der Waals surface area contributed by atoms with Gasteiger partial charge in [0.2, 0.25) is 5.91 Å². The maximum absolute atomic E-state index is 11.4. The van der Waals surface area contributed by atoms with Crippen molar-refractivity contribution in [2.45, 2.75) is 6.54 Å². The molecule has 0 aromatic carbocycles. The molecule has 90 valence electrons. The van der Waals surface area contributed by atoms with Crippen LogP contribution in [0.5, 0.6) is 0 Å². The molecule has 0 bridgehead atoms. The van der Waals surface area contributed by atoms with Gasteiger partial charge in [-0.05, 0) is 7.05 Å². The lowest BCUT2D eigenvalue weighted by Gasteiger charge is -2.15. The number of imidazole rings is 1. The van der Waals surface area contributed by atoms with Crippen LogP contribution in [0.3, 0.4) is 0 Å². The summed E-state index contributed by atoms with van der Waals surface area (Å²) in [4.78, 5) is 17.5. The molecule has 0 aliphatic heterocycles. The van der Waals surface area contributed by atoms with E-state index in [0.29, 0.717) is 26.2 Å². The third-order valence-corrected chi connectivity index (χ3v) is 2.21. The molecule has 1 amide bonds. The van der Waals surface area contributed by atoms with Gasteiger partial charge in [0, 0.05) is 32.5 Å². The fraction of sp³-hybridized carbons (Fsp3) is 0.600. The van der Waals surface area contributed by atoms with E-state index in [1.807, 2.05) is 29.8 Å². The molecule has 16 heavy (non-hydrogen) atoms. The minimum atomic E-state index is -0.0119. The van der Waals surface area contributed by atoms with E-state index in [9.17, 15) is 4.79 Å². The molecule has 0 saturated heterocycles. The highest BCUT2D eigenvalue weighted by Gasteiger charge is 2.08. The summed E-state index contributed by atoms with van der Waals surface area (Å²) in [6, 6.07) is 0. The van der Waals surface area contributed by atoms with Gasteiger partial charge in [-0.3, -0.25) is 9.69 Å². The van der Waals surface area contributed by atoms with Gasteiger partial charge in [0.15, 0.2) is 0 Å². The van der Waals surface area contributed by atoms with Crippen molar-refractivity contribution < 1.29 is 4.79 Å². The molecule has 0 spiro atoms. The van der Waals surface area contributed by atoms with Crippen molar-refractivity contribution in [1.82, 2.24) is 19.8 Å². The highest BCUT2D eigenvalue weighted by molar-refractivity contribution is 5.77. The lowest BCUT2D eigenvalue weighted by atomic mass is 10.4. The lowest BCUT2D eigenvalue weighted by Crippen LogP contribution is -2.37. The van der Waals surface area contributed by atoms with Gasteiger partial charge in [0.25, 0.3) is 0 Å². The summed E-state index contributed by atoms with van der Waals surface area (Å²) in [5.41, 5.74) is 5.30. The average Bonchev–Trinajstić information content (AvgIpc) is 2.61. The number of likely N-dealkylation sites (N-methyl/N-ethyl adjacent to an activating group) is 1. The van der Waals surface area contributed by atoms with Gasteiger partial charge in [0.1, 0.15) is 5.82 Å². The van der Waals surface area contributed by atoms with Crippen molar-refractivity contribution in [2.75, 3.05) is 26.7 Å². The molecule has 1 aromatic heterocycles. The molecule has 0 saturated carbocycles. The number of hydrogen-bond donors (Lipinski definition) is 2. The van der Waals surface area contributed by atoms with Gasteiger partial charge in [-0.15, -0.1) is 0 Å². The minimum Gasteiger partial charge on any atom is -0.354 e. The Balaban J connectivity index is 2.33. The number of amides is 1. The predicted molar refractivity (Wildman–Crippen MR) is 61.6 cm³/mol. The van der Waals surface area contributed by atoms with E-state index in [1.54, 1.807) is 6.20 Å². The number of aromatic nitrogens is 2. The molecule has 0 aliphatic rings. The van der Waals surface area contributed by atoms with Gasteiger partial charge in [0.05, 0.1) is 13.1 Å². The molecule has 0 unspecified atom stereocenters. The minimum absolute atomic E-state index is 0.0119. The molecule has 1 aromatic rings. The lowest BCUT2D eigenvalue weighted by molar-refractivity contribution is -0.122. The second-order valence-electron chi connectivity index (χ2n) is 3.77.